The van der Waals surface area contributed by atoms with Gasteiger partial charge in [-0.05, 0) is 27.7 Å². The molecular formula is C19H29Cl2N3O3. The van der Waals surface area contributed by atoms with E-state index in [1.165, 1.54) is 0 Å². The number of rotatable bonds is 0. The molecule has 1 fully saturated rings. The first kappa shape index (κ1) is 22.1. The van der Waals surface area contributed by atoms with E-state index in [4.69, 9.17) is 32.7 Å². The van der Waals surface area contributed by atoms with Gasteiger partial charge >= 0.3 is 6.09 Å². The number of piperazine rings is 1. The van der Waals surface area contributed by atoms with Crippen LogP contribution in [0.5, 0.6) is 5.75 Å². The summed E-state index contributed by atoms with van der Waals surface area (Å²) in [6.45, 7) is 14.3. The zero-order valence-electron chi connectivity index (χ0n) is 16.9. The van der Waals surface area contributed by atoms with E-state index in [0.29, 0.717) is 54.4 Å². The molecule has 3 rings (SSSR count). The highest BCUT2D eigenvalue weighted by atomic mass is 35.5. The Kier molecular flexibility index (Phi) is 7.22. The maximum Gasteiger partial charge on any atom is 0.410 e. The largest absolute Gasteiger partial charge is 0.490 e. The SMILES string of the molecule is CC.Cc1nc(Cl)c2c(c1Cl)OCC1CN(C(=O)OC(C)(C)C)CCN1C2. The highest BCUT2D eigenvalue weighted by molar-refractivity contribution is 6.34. The Balaban J connectivity index is 0.00000126. The Morgan fingerprint density at radius 2 is 1.93 bits per heavy atom. The summed E-state index contributed by atoms with van der Waals surface area (Å²) in [6.07, 6.45) is -0.289. The normalized spacial score (nSPS) is 19.7. The maximum absolute atomic E-state index is 12.3. The van der Waals surface area contributed by atoms with Crippen LogP contribution in [0, 0.1) is 6.92 Å². The lowest BCUT2D eigenvalue weighted by atomic mass is 10.1. The van der Waals surface area contributed by atoms with Gasteiger partial charge in [0.15, 0.2) is 0 Å². The second-order valence-electron chi connectivity index (χ2n) is 7.47. The van der Waals surface area contributed by atoms with Crippen molar-refractivity contribution in [2.24, 2.45) is 0 Å². The van der Waals surface area contributed by atoms with Gasteiger partial charge < -0.3 is 14.4 Å². The molecule has 3 heterocycles. The molecule has 2 aliphatic rings. The number of hydrogen-bond donors (Lipinski definition) is 0. The fourth-order valence-corrected chi connectivity index (χ4v) is 3.56. The van der Waals surface area contributed by atoms with Crippen LogP contribution in [0.25, 0.3) is 0 Å². The highest BCUT2D eigenvalue weighted by Crippen LogP contribution is 2.38. The van der Waals surface area contributed by atoms with E-state index in [1.807, 2.05) is 34.6 Å². The van der Waals surface area contributed by atoms with E-state index >= 15 is 0 Å². The predicted molar refractivity (Wildman–Crippen MR) is 108 cm³/mol. The van der Waals surface area contributed by atoms with Crippen LogP contribution in [0.15, 0.2) is 0 Å². The predicted octanol–water partition coefficient (Wildman–Crippen LogP) is 4.54. The first-order chi connectivity index (χ1) is 12.7. The number of fused-ring (bicyclic) bond motifs is 2. The lowest BCUT2D eigenvalue weighted by Crippen LogP contribution is -2.56. The van der Waals surface area contributed by atoms with Gasteiger partial charge in [0.2, 0.25) is 0 Å². The Labute approximate surface area is 171 Å². The molecule has 1 atom stereocenters. The Bertz CT molecular complexity index is 692. The quantitative estimate of drug-likeness (QED) is 0.580. The molecular weight excluding hydrogens is 389 g/mol. The number of pyridine rings is 1. The lowest BCUT2D eigenvalue weighted by Gasteiger charge is -2.40. The fraction of sp³-hybridized carbons (Fsp3) is 0.684. The van der Waals surface area contributed by atoms with Gasteiger partial charge in [-0.1, -0.05) is 37.0 Å². The van der Waals surface area contributed by atoms with E-state index in [2.05, 4.69) is 9.88 Å². The molecule has 8 heteroatoms. The summed E-state index contributed by atoms with van der Waals surface area (Å²) in [5.41, 5.74) is 0.959. The fourth-order valence-electron chi connectivity index (χ4n) is 3.08. The smallest absolute Gasteiger partial charge is 0.410 e. The monoisotopic (exact) mass is 417 g/mol. The molecule has 1 aromatic heterocycles. The summed E-state index contributed by atoms with van der Waals surface area (Å²) >= 11 is 12.7. The van der Waals surface area contributed by atoms with Crippen LogP contribution in [0.1, 0.15) is 45.9 Å². The molecule has 0 spiro atoms. The summed E-state index contributed by atoms with van der Waals surface area (Å²) in [5, 5.41) is 0.926. The molecule has 1 unspecified atom stereocenters. The number of amides is 1. The molecule has 27 heavy (non-hydrogen) atoms. The van der Waals surface area contributed by atoms with Gasteiger partial charge in [-0.3, -0.25) is 4.90 Å². The van der Waals surface area contributed by atoms with Gasteiger partial charge in [0.25, 0.3) is 0 Å². The molecule has 1 aromatic rings. The number of aryl methyl sites for hydroxylation is 1. The minimum Gasteiger partial charge on any atom is -0.490 e. The molecule has 0 aliphatic carbocycles. The van der Waals surface area contributed by atoms with Crippen molar-refractivity contribution in [1.82, 2.24) is 14.8 Å². The summed E-state index contributed by atoms with van der Waals surface area (Å²) in [6, 6.07) is 0.0566. The minimum atomic E-state index is -0.505. The van der Waals surface area contributed by atoms with Crippen LogP contribution in [-0.2, 0) is 11.3 Å². The second kappa shape index (κ2) is 8.84. The summed E-state index contributed by atoms with van der Waals surface area (Å²) in [7, 11) is 0. The van der Waals surface area contributed by atoms with Gasteiger partial charge in [-0.25, -0.2) is 9.78 Å². The van der Waals surface area contributed by atoms with Gasteiger partial charge in [-0.15, -0.1) is 0 Å². The van der Waals surface area contributed by atoms with Crippen molar-refractivity contribution in [2.45, 2.75) is 59.7 Å². The van der Waals surface area contributed by atoms with Gasteiger partial charge in [0.05, 0.1) is 11.7 Å². The van der Waals surface area contributed by atoms with Crippen LogP contribution in [-0.4, -0.2) is 58.8 Å². The van der Waals surface area contributed by atoms with E-state index in [-0.39, 0.29) is 12.1 Å². The van der Waals surface area contributed by atoms with E-state index in [9.17, 15) is 4.79 Å². The van der Waals surface area contributed by atoms with Crippen molar-refractivity contribution in [3.63, 3.8) is 0 Å². The Morgan fingerprint density at radius 3 is 2.56 bits per heavy atom. The number of carbonyl (C=O) groups is 1. The van der Waals surface area contributed by atoms with Gasteiger partial charge in [-0.2, -0.15) is 0 Å². The van der Waals surface area contributed by atoms with E-state index < -0.39 is 5.60 Å². The number of halogens is 2. The number of hydrogen-bond acceptors (Lipinski definition) is 5. The van der Waals surface area contributed by atoms with Crippen molar-refractivity contribution >= 4 is 29.3 Å². The average molecular weight is 418 g/mol. The van der Waals surface area contributed by atoms with Crippen molar-refractivity contribution < 1.29 is 14.3 Å². The molecule has 0 saturated carbocycles. The van der Waals surface area contributed by atoms with Crippen LogP contribution in [0.2, 0.25) is 10.2 Å². The first-order valence-electron chi connectivity index (χ1n) is 9.35. The zero-order chi connectivity index (χ0) is 20.4. The van der Waals surface area contributed by atoms with Crippen LogP contribution in [0.4, 0.5) is 4.79 Å². The summed E-state index contributed by atoms with van der Waals surface area (Å²) in [4.78, 5) is 20.6. The van der Waals surface area contributed by atoms with Crippen molar-refractivity contribution in [1.29, 1.82) is 0 Å². The standard InChI is InChI=1S/C17H23Cl2N3O3.C2H6/c1-10-13(18)14-12(15(19)20-10)8-21-5-6-22(7-11(21)9-24-14)16(23)25-17(2,3)4;1-2/h11H,5-9H2,1-4H3;1-2H3. The number of aromatic nitrogens is 1. The van der Waals surface area contributed by atoms with Crippen molar-refractivity contribution in [3.8, 4) is 5.75 Å². The van der Waals surface area contributed by atoms with E-state index in [1.54, 1.807) is 11.8 Å². The topological polar surface area (TPSA) is 54.9 Å². The molecule has 6 nitrogen and oxygen atoms in total. The van der Waals surface area contributed by atoms with Crippen LogP contribution >= 0.6 is 23.2 Å². The van der Waals surface area contributed by atoms with Crippen molar-refractivity contribution in [2.75, 3.05) is 26.2 Å². The lowest BCUT2D eigenvalue weighted by molar-refractivity contribution is -0.00154. The minimum absolute atomic E-state index is 0.0566. The third-order valence-electron chi connectivity index (χ3n) is 4.34. The van der Waals surface area contributed by atoms with Crippen LogP contribution in [0.3, 0.4) is 0 Å². The third kappa shape index (κ3) is 5.18. The second-order valence-corrected chi connectivity index (χ2v) is 8.21. The molecule has 0 N–H and O–H groups in total. The van der Waals surface area contributed by atoms with Gasteiger partial charge in [0.1, 0.15) is 28.1 Å². The molecule has 152 valence electrons. The molecule has 0 radical (unpaired) electrons. The molecule has 2 aliphatic heterocycles. The third-order valence-corrected chi connectivity index (χ3v) is 5.10. The average Bonchev–Trinajstić information content (AvgIpc) is 2.79. The van der Waals surface area contributed by atoms with Crippen molar-refractivity contribution in [3.05, 3.63) is 21.4 Å². The van der Waals surface area contributed by atoms with E-state index in [0.717, 1.165) is 5.56 Å². The Hall–Kier alpha value is -1.24. The molecule has 0 aromatic carbocycles. The first-order valence-corrected chi connectivity index (χ1v) is 10.1. The highest BCUT2D eigenvalue weighted by Gasteiger charge is 2.35. The molecule has 1 saturated heterocycles. The van der Waals surface area contributed by atoms with Gasteiger partial charge in [0, 0.05) is 31.7 Å². The van der Waals surface area contributed by atoms with Crippen LogP contribution < -0.4 is 4.74 Å². The number of ether oxygens (including phenoxy) is 2. The summed E-state index contributed by atoms with van der Waals surface area (Å²) < 4.78 is 11.4. The molecule has 1 amide bonds. The zero-order valence-corrected chi connectivity index (χ0v) is 18.4. The summed E-state index contributed by atoms with van der Waals surface area (Å²) in [5.74, 6) is 0.609. The maximum atomic E-state index is 12.3. The number of carbonyl (C=O) groups excluding carboxylic acids is 1. The Morgan fingerprint density at radius 1 is 1.26 bits per heavy atom. The molecule has 0 bridgehead atoms. The number of nitrogens with zero attached hydrogens (tertiary/aromatic N) is 3.